The molecule has 3 atom stereocenters. The standard InChI is InChI=1S/C23H28Cl2N2O/c1-16(26-23(28)22-5-3-4-14-27(22)2)21(18-8-12-20(25)13-9-18)15-17-6-10-19(24)11-7-17/h6-13,16,21-22H,3-5,14-15H2,1-2H3,(H,26,28). The molecule has 1 heterocycles. The number of hydrogen-bond donors (Lipinski definition) is 1. The molecule has 0 bridgehead atoms. The summed E-state index contributed by atoms with van der Waals surface area (Å²) in [6.07, 6.45) is 4.03. The summed E-state index contributed by atoms with van der Waals surface area (Å²) in [5.41, 5.74) is 2.37. The molecule has 150 valence electrons. The highest BCUT2D eigenvalue weighted by Crippen LogP contribution is 2.27. The molecule has 0 spiro atoms. The Morgan fingerprint density at radius 2 is 1.68 bits per heavy atom. The molecule has 28 heavy (non-hydrogen) atoms. The molecule has 3 rings (SSSR count). The molecule has 1 fully saturated rings. The van der Waals surface area contributed by atoms with Crippen LogP contribution in [-0.2, 0) is 11.2 Å². The van der Waals surface area contributed by atoms with E-state index >= 15 is 0 Å². The van der Waals surface area contributed by atoms with Crippen molar-refractivity contribution < 1.29 is 4.79 Å². The van der Waals surface area contributed by atoms with Crippen LogP contribution in [-0.4, -0.2) is 36.5 Å². The second-order valence-electron chi connectivity index (χ2n) is 7.78. The predicted molar refractivity (Wildman–Crippen MR) is 117 cm³/mol. The van der Waals surface area contributed by atoms with Gasteiger partial charge < -0.3 is 5.32 Å². The normalized spacial score (nSPS) is 19.8. The molecule has 5 heteroatoms. The maximum absolute atomic E-state index is 12.9. The van der Waals surface area contributed by atoms with Crippen LogP contribution in [0, 0.1) is 0 Å². The Morgan fingerprint density at radius 1 is 1.07 bits per heavy atom. The topological polar surface area (TPSA) is 32.3 Å². The van der Waals surface area contributed by atoms with Crippen LogP contribution in [0.5, 0.6) is 0 Å². The minimum absolute atomic E-state index is 0.000296. The van der Waals surface area contributed by atoms with Gasteiger partial charge in [-0.15, -0.1) is 0 Å². The highest BCUT2D eigenvalue weighted by molar-refractivity contribution is 6.30. The Bertz CT molecular complexity index is 776. The predicted octanol–water partition coefficient (Wildman–Crippen LogP) is 5.31. The first-order chi connectivity index (χ1) is 13.4. The van der Waals surface area contributed by atoms with Crippen LogP contribution in [0.1, 0.15) is 43.2 Å². The van der Waals surface area contributed by atoms with Crippen molar-refractivity contribution in [3.05, 3.63) is 69.7 Å². The highest BCUT2D eigenvalue weighted by atomic mass is 35.5. The number of piperidine rings is 1. The molecule has 1 aliphatic rings. The molecular weight excluding hydrogens is 391 g/mol. The summed E-state index contributed by atoms with van der Waals surface area (Å²) in [7, 11) is 2.04. The molecule has 0 aliphatic carbocycles. The van der Waals surface area contributed by atoms with E-state index in [2.05, 4.69) is 41.4 Å². The van der Waals surface area contributed by atoms with Crippen LogP contribution in [0.4, 0.5) is 0 Å². The largest absolute Gasteiger partial charge is 0.352 e. The maximum atomic E-state index is 12.9. The third-order valence-electron chi connectivity index (χ3n) is 5.71. The van der Waals surface area contributed by atoms with Crippen LogP contribution in [0.3, 0.4) is 0 Å². The maximum Gasteiger partial charge on any atom is 0.237 e. The number of nitrogens with one attached hydrogen (secondary N) is 1. The third kappa shape index (κ3) is 5.50. The monoisotopic (exact) mass is 418 g/mol. The third-order valence-corrected chi connectivity index (χ3v) is 6.22. The van der Waals surface area contributed by atoms with Gasteiger partial charge in [0.25, 0.3) is 0 Å². The molecule has 0 radical (unpaired) electrons. The first kappa shape index (κ1) is 21.2. The van der Waals surface area contributed by atoms with Gasteiger partial charge in [-0.2, -0.15) is 0 Å². The molecule has 1 saturated heterocycles. The Hall–Kier alpha value is -1.55. The van der Waals surface area contributed by atoms with Crippen molar-refractivity contribution in [2.45, 2.75) is 50.6 Å². The van der Waals surface area contributed by atoms with E-state index in [0.29, 0.717) is 0 Å². The van der Waals surface area contributed by atoms with Gasteiger partial charge in [-0.05, 0) is 75.2 Å². The summed E-state index contributed by atoms with van der Waals surface area (Å²) < 4.78 is 0. The lowest BCUT2D eigenvalue weighted by atomic mass is 9.86. The Morgan fingerprint density at radius 3 is 2.29 bits per heavy atom. The van der Waals surface area contributed by atoms with Crippen LogP contribution < -0.4 is 5.32 Å². The second kappa shape index (κ2) is 9.78. The van der Waals surface area contributed by atoms with Gasteiger partial charge in [-0.1, -0.05) is 53.9 Å². The van der Waals surface area contributed by atoms with Crippen molar-refractivity contribution in [3.8, 4) is 0 Å². The van der Waals surface area contributed by atoms with E-state index in [1.807, 2.05) is 31.3 Å². The van der Waals surface area contributed by atoms with Gasteiger partial charge in [0.05, 0.1) is 6.04 Å². The summed E-state index contributed by atoms with van der Waals surface area (Å²) in [5, 5.41) is 4.73. The fourth-order valence-corrected chi connectivity index (χ4v) is 4.25. The van der Waals surface area contributed by atoms with Gasteiger partial charge in [-0.3, -0.25) is 9.69 Å². The van der Waals surface area contributed by atoms with Crippen molar-refractivity contribution in [2.75, 3.05) is 13.6 Å². The zero-order valence-corrected chi connectivity index (χ0v) is 18.0. The van der Waals surface area contributed by atoms with Gasteiger partial charge in [0.1, 0.15) is 0 Å². The number of carbonyl (C=O) groups is 1. The van der Waals surface area contributed by atoms with E-state index in [4.69, 9.17) is 23.2 Å². The molecule has 1 aliphatic heterocycles. The van der Waals surface area contributed by atoms with Crippen molar-refractivity contribution in [3.63, 3.8) is 0 Å². The smallest absolute Gasteiger partial charge is 0.237 e. The summed E-state index contributed by atoms with van der Waals surface area (Å²) in [6, 6.07) is 15.8. The minimum atomic E-state index is -0.0300. The molecule has 2 aromatic rings. The minimum Gasteiger partial charge on any atom is -0.352 e. The SMILES string of the molecule is CC(NC(=O)C1CCCCN1C)C(Cc1ccc(Cl)cc1)c1ccc(Cl)cc1. The van der Waals surface area contributed by atoms with Crippen molar-refractivity contribution in [1.82, 2.24) is 10.2 Å². The van der Waals surface area contributed by atoms with Gasteiger partial charge >= 0.3 is 0 Å². The highest BCUT2D eigenvalue weighted by Gasteiger charge is 2.29. The average Bonchev–Trinajstić information content (AvgIpc) is 2.68. The van der Waals surface area contributed by atoms with Crippen LogP contribution >= 0.6 is 23.2 Å². The van der Waals surface area contributed by atoms with Gasteiger partial charge in [-0.25, -0.2) is 0 Å². The molecule has 3 nitrogen and oxygen atoms in total. The molecule has 3 unspecified atom stereocenters. The number of amides is 1. The molecule has 2 aromatic carbocycles. The molecule has 0 saturated carbocycles. The van der Waals surface area contributed by atoms with E-state index in [1.165, 1.54) is 17.5 Å². The van der Waals surface area contributed by atoms with Crippen molar-refractivity contribution in [2.24, 2.45) is 0 Å². The van der Waals surface area contributed by atoms with E-state index < -0.39 is 0 Å². The fraction of sp³-hybridized carbons (Fsp3) is 0.435. The number of likely N-dealkylation sites (tertiary alicyclic amines) is 1. The lowest BCUT2D eigenvalue weighted by Gasteiger charge is -2.33. The number of likely N-dealkylation sites (N-methyl/N-ethyl adjacent to an activating group) is 1. The van der Waals surface area contributed by atoms with Crippen molar-refractivity contribution in [1.29, 1.82) is 0 Å². The Kier molecular flexibility index (Phi) is 7.39. The van der Waals surface area contributed by atoms with E-state index in [0.717, 1.165) is 35.9 Å². The lowest BCUT2D eigenvalue weighted by Crippen LogP contribution is -2.50. The van der Waals surface area contributed by atoms with E-state index in [-0.39, 0.29) is 23.9 Å². The zero-order valence-electron chi connectivity index (χ0n) is 16.5. The van der Waals surface area contributed by atoms with Crippen LogP contribution in [0.25, 0.3) is 0 Å². The van der Waals surface area contributed by atoms with Crippen molar-refractivity contribution >= 4 is 29.1 Å². The first-order valence-corrected chi connectivity index (χ1v) is 10.7. The van der Waals surface area contributed by atoms with Gasteiger partial charge in [0.2, 0.25) is 5.91 Å². The van der Waals surface area contributed by atoms with E-state index in [1.54, 1.807) is 0 Å². The van der Waals surface area contributed by atoms with Crippen LogP contribution in [0.15, 0.2) is 48.5 Å². The van der Waals surface area contributed by atoms with Gasteiger partial charge in [0.15, 0.2) is 0 Å². The number of hydrogen-bond acceptors (Lipinski definition) is 2. The van der Waals surface area contributed by atoms with E-state index in [9.17, 15) is 4.79 Å². The number of carbonyl (C=O) groups excluding carboxylic acids is 1. The van der Waals surface area contributed by atoms with Crippen LogP contribution in [0.2, 0.25) is 10.0 Å². The first-order valence-electron chi connectivity index (χ1n) is 9.94. The molecule has 0 aromatic heterocycles. The summed E-state index contributed by atoms with van der Waals surface area (Å²) in [6.45, 7) is 3.08. The number of benzene rings is 2. The second-order valence-corrected chi connectivity index (χ2v) is 8.65. The summed E-state index contributed by atoms with van der Waals surface area (Å²) in [4.78, 5) is 15.1. The molecule has 1 N–H and O–H groups in total. The fourth-order valence-electron chi connectivity index (χ4n) is 4.00. The Balaban J connectivity index is 1.77. The average molecular weight is 419 g/mol. The molecular formula is C23H28Cl2N2O. The quantitative estimate of drug-likeness (QED) is 0.689. The van der Waals surface area contributed by atoms with Gasteiger partial charge in [0, 0.05) is 22.0 Å². The summed E-state index contributed by atoms with van der Waals surface area (Å²) >= 11 is 12.1. The number of nitrogens with zero attached hydrogens (tertiary/aromatic N) is 1. The summed E-state index contributed by atoms with van der Waals surface area (Å²) in [5.74, 6) is 0.279. The number of rotatable bonds is 6. The number of halogens is 2. The lowest BCUT2D eigenvalue weighted by molar-refractivity contribution is -0.127. The zero-order chi connectivity index (χ0) is 20.1. The molecule has 1 amide bonds. The Labute approximate surface area is 178 Å².